The molecule has 0 atom stereocenters. The third-order valence-corrected chi connectivity index (χ3v) is 7.61. The Morgan fingerprint density at radius 3 is 1.97 bits per heavy atom. The highest BCUT2D eigenvalue weighted by Gasteiger charge is 2.47. The van der Waals surface area contributed by atoms with Gasteiger partial charge in [0.1, 0.15) is 18.2 Å². The molecule has 0 unspecified atom stereocenters. The highest BCUT2D eigenvalue weighted by Crippen LogP contribution is 2.51. The number of Topliss-reactive ketones (excluding diaryl/α,β-unsaturated/α-hetero) is 2. The zero-order chi connectivity index (χ0) is 27.4. The summed E-state index contributed by atoms with van der Waals surface area (Å²) in [6.07, 6.45) is 1.99. The number of carbonyl (C=O) groups excluding carboxylic acids is 2. The molecule has 0 fully saturated rings. The molecular formula is C31H32FNO5. The van der Waals surface area contributed by atoms with Gasteiger partial charge in [-0.2, -0.15) is 0 Å². The first kappa shape index (κ1) is 25.9. The number of hydrogen-bond acceptors (Lipinski definition) is 5. The molecule has 2 aromatic rings. The van der Waals surface area contributed by atoms with Gasteiger partial charge in [-0.15, -0.1) is 0 Å². The van der Waals surface area contributed by atoms with E-state index < -0.39 is 17.7 Å². The van der Waals surface area contributed by atoms with E-state index in [1.165, 1.54) is 18.2 Å². The highest BCUT2D eigenvalue weighted by molar-refractivity contribution is 6.06. The van der Waals surface area contributed by atoms with Crippen LogP contribution in [-0.2, 0) is 16.2 Å². The molecule has 0 saturated heterocycles. The quantitative estimate of drug-likeness (QED) is 0.500. The molecule has 0 bridgehead atoms. The Labute approximate surface area is 221 Å². The number of dihydropyridines is 1. The number of halogens is 1. The Morgan fingerprint density at radius 2 is 1.47 bits per heavy atom. The highest BCUT2D eigenvalue weighted by atomic mass is 19.1. The summed E-state index contributed by atoms with van der Waals surface area (Å²) in [7, 11) is 0. The minimum atomic E-state index is -1.01. The molecule has 198 valence electrons. The third kappa shape index (κ3) is 4.89. The molecule has 0 aromatic heterocycles. The van der Waals surface area contributed by atoms with Gasteiger partial charge in [-0.1, -0.05) is 45.9 Å². The number of benzene rings is 2. The lowest BCUT2D eigenvalue weighted by Gasteiger charge is -2.44. The van der Waals surface area contributed by atoms with E-state index in [4.69, 9.17) is 9.84 Å². The van der Waals surface area contributed by atoms with E-state index in [2.05, 4.69) is 5.32 Å². The van der Waals surface area contributed by atoms with Gasteiger partial charge in [0.25, 0.3) is 0 Å². The van der Waals surface area contributed by atoms with Crippen LogP contribution in [0.2, 0.25) is 0 Å². The lowest BCUT2D eigenvalue weighted by Crippen LogP contribution is -2.42. The number of ether oxygens (including phenoxy) is 1. The maximum Gasteiger partial charge on any atom is 0.335 e. The molecule has 38 heavy (non-hydrogen) atoms. The van der Waals surface area contributed by atoms with Crippen molar-refractivity contribution < 1.29 is 28.6 Å². The Hall–Kier alpha value is -3.74. The van der Waals surface area contributed by atoms with Crippen LogP contribution < -0.4 is 10.1 Å². The lowest BCUT2D eigenvalue weighted by atomic mass is 9.64. The summed E-state index contributed by atoms with van der Waals surface area (Å²) in [6, 6.07) is 10.8. The molecule has 0 radical (unpaired) electrons. The summed E-state index contributed by atoms with van der Waals surface area (Å²) in [5.41, 5.74) is 3.37. The van der Waals surface area contributed by atoms with Gasteiger partial charge in [0.15, 0.2) is 11.6 Å². The normalized spacial score (nSPS) is 20.6. The first-order valence-electron chi connectivity index (χ1n) is 12.9. The van der Waals surface area contributed by atoms with Crippen molar-refractivity contribution in [2.75, 3.05) is 0 Å². The number of nitrogens with one attached hydrogen (secondary N) is 1. The summed E-state index contributed by atoms with van der Waals surface area (Å²) >= 11 is 0. The molecule has 7 heteroatoms. The van der Waals surface area contributed by atoms with Gasteiger partial charge in [0, 0.05) is 52.9 Å². The first-order valence-corrected chi connectivity index (χ1v) is 12.9. The van der Waals surface area contributed by atoms with Crippen LogP contribution in [-0.4, -0.2) is 22.6 Å². The predicted octanol–water partition coefficient (Wildman–Crippen LogP) is 6.08. The second-order valence-corrected chi connectivity index (χ2v) is 12.2. The van der Waals surface area contributed by atoms with Gasteiger partial charge in [0.05, 0.1) is 5.56 Å². The van der Waals surface area contributed by atoms with Crippen molar-refractivity contribution in [1.29, 1.82) is 0 Å². The summed E-state index contributed by atoms with van der Waals surface area (Å²) < 4.78 is 21.5. The Morgan fingerprint density at radius 1 is 0.921 bits per heavy atom. The summed E-state index contributed by atoms with van der Waals surface area (Å²) in [5, 5.41) is 12.5. The molecular weight excluding hydrogens is 485 g/mol. The van der Waals surface area contributed by atoms with Crippen LogP contribution in [0.1, 0.15) is 80.8 Å². The average Bonchev–Trinajstić information content (AvgIpc) is 2.80. The molecule has 2 aliphatic carbocycles. The van der Waals surface area contributed by atoms with Crippen LogP contribution in [0.15, 0.2) is 65.0 Å². The number of carboxylic acids is 1. The van der Waals surface area contributed by atoms with Gasteiger partial charge in [-0.25, -0.2) is 9.18 Å². The number of allylic oxidation sites excluding steroid dienone is 4. The summed E-state index contributed by atoms with van der Waals surface area (Å²) in [4.78, 5) is 37.9. The van der Waals surface area contributed by atoms with E-state index in [1.54, 1.807) is 24.3 Å². The molecule has 2 aromatic carbocycles. The van der Waals surface area contributed by atoms with Crippen molar-refractivity contribution in [3.05, 3.63) is 87.5 Å². The van der Waals surface area contributed by atoms with Crippen molar-refractivity contribution >= 4 is 17.5 Å². The van der Waals surface area contributed by atoms with E-state index in [0.717, 1.165) is 17.0 Å². The second-order valence-electron chi connectivity index (χ2n) is 12.2. The fourth-order valence-electron chi connectivity index (χ4n) is 5.94. The van der Waals surface area contributed by atoms with Crippen molar-refractivity contribution in [3.8, 4) is 5.75 Å². The lowest BCUT2D eigenvalue weighted by molar-refractivity contribution is -0.119. The average molecular weight is 518 g/mol. The maximum atomic E-state index is 15.7. The van der Waals surface area contributed by atoms with Crippen LogP contribution in [0.3, 0.4) is 0 Å². The number of hydrogen-bond donors (Lipinski definition) is 2. The topological polar surface area (TPSA) is 92.7 Å². The van der Waals surface area contributed by atoms with Crippen molar-refractivity contribution in [1.82, 2.24) is 5.32 Å². The predicted molar refractivity (Wildman–Crippen MR) is 140 cm³/mol. The minimum Gasteiger partial charge on any atom is -0.489 e. The Bertz CT molecular complexity index is 1360. The van der Waals surface area contributed by atoms with Crippen molar-refractivity contribution in [2.24, 2.45) is 10.8 Å². The van der Waals surface area contributed by atoms with Gasteiger partial charge >= 0.3 is 5.97 Å². The largest absolute Gasteiger partial charge is 0.489 e. The molecule has 1 aliphatic heterocycles. The minimum absolute atomic E-state index is 0.0533. The Kier molecular flexibility index (Phi) is 6.28. The molecule has 2 N–H and O–H groups in total. The smallest absolute Gasteiger partial charge is 0.335 e. The van der Waals surface area contributed by atoms with Crippen LogP contribution in [0, 0.1) is 16.6 Å². The number of aromatic carboxylic acids is 1. The third-order valence-electron chi connectivity index (χ3n) is 7.61. The van der Waals surface area contributed by atoms with E-state index in [1.807, 2.05) is 27.7 Å². The van der Waals surface area contributed by atoms with E-state index >= 15 is 4.39 Å². The van der Waals surface area contributed by atoms with E-state index in [0.29, 0.717) is 48.1 Å². The van der Waals surface area contributed by atoms with Gasteiger partial charge < -0.3 is 15.2 Å². The van der Waals surface area contributed by atoms with Crippen LogP contribution in [0.5, 0.6) is 5.75 Å². The molecule has 1 heterocycles. The molecule has 5 rings (SSSR count). The van der Waals surface area contributed by atoms with Crippen molar-refractivity contribution in [2.45, 2.75) is 65.9 Å². The number of ketones is 2. The number of carbonyl (C=O) groups is 3. The molecule has 0 saturated carbocycles. The van der Waals surface area contributed by atoms with E-state index in [-0.39, 0.29) is 34.6 Å². The maximum absolute atomic E-state index is 15.7. The zero-order valence-electron chi connectivity index (χ0n) is 22.1. The van der Waals surface area contributed by atoms with Crippen LogP contribution in [0.4, 0.5) is 4.39 Å². The van der Waals surface area contributed by atoms with Gasteiger partial charge in [-0.3, -0.25) is 9.59 Å². The van der Waals surface area contributed by atoms with Crippen LogP contribution >= 0.6 is 0 Å². The summed E-state index contributed by atoms with van der Waals surface area (Å²) in [5.74, 6) is -2.09. The van der Waals surface area contributed by atoms with Gasteiger partial charge in [0.2, 0.25) is 0 Å². The van der Waals surface area contributed by atoms with Crippen LogP contribution in [0.25, 0.3) is 0 Å². The standard InChI is InChI=1S/C31H32FNO5/c1-30(2)12-22-27(24(34)14-30)26(28-23(33-22)13-31(3,4)15-25(28)35)20-10-9-19(11-21(20)32)38-16-17-5-7-18(8-6-17)29(36)37/h5-11,26,33H,12-16H2,1-4H3,(H,36,37). The van der Waals surface area contributed by atoms with Crippen molar-refractivity contribution in [3.63, 3.8) is 0 Å². The molecule has 6 nitrogen and oxygen atoms in total. The molecule has 0 spiro atoms. The number of rotatable bonds is 5. The Balaban J connectivity index is 1.49. The molecule has 0 amide bonds. The van der Waals surface area contributed by atoms with Gasteiger partial charge in [-0.05, 0) is 47.4 Å². The first-order chi connectivity index (χ1) is 17.8. The monoisotopic (exact) mass is 517 g/mol. The second kappa shape index (κ2) is 9.22. The molecule has 3 aliphatic rings. The number of carboxylic acid groups (broad SMARTS) is 1. The summed E-state index contributed by atoms with van der Waals surface area (Å²) in [6.45, 7) is 8.33. The SMILES string of the molecule is CC1(C)CC(=O)C2=C(C1)NC1=C(C(=O)CC(C)(C)C1)C2c1ccc(OCc2ccc(C(=O)O)cc2)cc1F. The van der Waals surface area contributed by atoms with E-state index in [9.17, 15) is 14.4 Å². The fraction of sp³-hybridized carbons (Fsp3) is 0.387. The zero-order valence-corrected chi connectivity index (χ0v) is 22.1. The fourth-order valence-corrected chi connectivity index (χ4v) is 5.94.